The lowest BCUT2D eigenvalue weighted by atomic mass is 10.1. The van der Waals surface area contributed by atoms with Crippen LogP contribution in [0.4, 0.5) is 22.2 Å². The Labute approximate surface area is 236 Å². The van der Waals surface area contributed by atoms with Gasteiger partial charge < -0.3 is 30.0 Å². The number of nitrogens with two attached hydrogens (primary N) is 1. The van der Waals surface area contributed by atoms with Gasteiger partial charge in [0.05, 0.1) is 17.0 Å². The quantitative estimate of drug-likeness (QED) is 0.149. The number of hydrogen-bond donors (Lipinski definition) is 3. The maximum Gasteiger partial charge on any atom is 0.341 e. The van der Waals surface area contributed by atoms with Gasteiger partial charge in [0, 0.05) is 20.8 Å². The zero-order valence-electron chi connectivity index (χ0n) is 21.8. The molecule has 3 heterocycles. The van der Waals surface area contributed by atoms with Crippen LogP contribution in [0.15, 0.2) is 40.9 Å². The van der Waals surface area contributed by atoms with Crippen molar-refractivity contribution in [2.45, 2.75) is 45.3 Å². The van der Waals surface area contributed by atoms with Crippen molar-refractivity contribution in [2.24, 2.45) is 10.3 Å². The van der Waals surface area contributed by atoms with Gasteiger partial charge in [-0.15, -0.1) is 0 Å². The van der Waals surface area contributed by atoms with E-state index in [2.05, 4.69) is 36.0 Å². The largest absolute Gasteiger partial charge is 0.463 e. The minimum atomic E-state index is -1.19. The molecule has 1 saturated heterocycles. The average Bonchev–Trinajstić information content (AvgIpc) is 3.45. The van der Waals surface area contributed by atoms with Gasteiger partial charge in [-0.3, -0.25) is 19.0 Å². The lowest BCUT2D eigenvalue weighted by molar-refractivity contribution is -0.166. The molecule has 41 heavy (non-hydrogen) atoms. The van der Waals surface area contributed by atoms with E-state index in [-0.39, 0.29) is 29.5 Å². The summed E-state index contributed by atoms with van der Waals surface area (Å²) < 4.78 is 23.2. The van der Waals surface area contributed by atoms with Crippen LogP contribution in [-0.2, 0) is 33.3 Å². The highest BCUT2D eigenvalue weighted by molar-refractivity contribution is 6.33. The summed E-state index contributed by atoms with van der Waals surface area (Å²) in [6.45, 7) is 3.24. The molecule has 0 saturated carbocycles. The zero-order valence-corrected chi connectivity index (χ0v) is 22.6. The molecule has 2 aromatic heterocycles. The van der Waals surface area contributed by atoms with E-state index in [0.717, 1.165) is 0 Å². The molecule has 216 valence electrons. The molecule has 0 aliphatic carbocycles. The van der Waals surface area contributed by atoms with Crippen LogP contribution >= 0.6 is 11.6 Å². The van der Waals surface area contributed by atoms with Crippen molar-refractivity contribution < 1.29 is 38.1 Å². The summed E-state index contributed by atoms with van der Waals surface area (Å²) in [5.41, 5.74) is 8.78. The van der Waals surface area contributed by atoms with Crippen molar-refractivity contribution in [3.05, 3.63) is 35.6 Å². The van der Waals surface area contributed by atoms with E-state index in [1.807, 2.05) is 0 Å². The number of para-hydroxylation sites is 1. The first-order valence-corrected chi connectivity index (χ1v) is 12.3. The number of halogens is 1. The number of benzene rings is 1. The Kier molecular flexibility index (Phi) is 8.88. The van der Waals surface area contributed by atoms with Gasteiger partial charge in [-0.2, -0.15) is 9.97 Å². The monoisotopic (exact) mass is 589 g/mol. The molecular weight excluding hydrogens is 566 g/mol. The molecule has 0 bridgehead atoms. The maximum atomic E-state index is 12.1. The lowest BCUT2D eigenvalue weighted by Crippen LogP contribution is -2.40. The number of imidazole rings is 1. The Morgan fingerprint density at radius 2 is 1.78 bits per heavy atom. The van der Waals surface area contributed by atoms with E-state index in [9.17, 15) is 19.2 Å². The second kappa shape index (κ2) is 12.5. The number of urea groups is 1. The number of rotatable bonds is 8. The van der Waals surface area contributed by atoms with E-state index in [4.69, 9.17) is 36.3 Å². The number of carbonyl (C=O) groups excluding carboxylic acids is 4. The number of ether oxygens (including phenoxy) is 4. The first-order chi connectivity index (χ1) is 19.5. The number of nitrogens with zero attached hydrogens (tertiary/aromatic N) is 6. The van der Waals surface area contributed by atoms with Crippen LogP contribution in [0.1, 0.15) is 27.0 Å². The van der Waals surface area contributed by atoms with Gasteiger partial charge in [0.1, 0.15) is 18.2 Å². The van der Waals surface area contributed by atoms with E-state index >= 15 is 0 Å². The van der Waals surface area contributed by atoms with Crippen LogP contribution in [0, 0.1) is 0 Å². The van der Waals surface area contributed by atoms with Gasteiger partial charge in [-0.05, 0) is 12.1 Å². The first-order valence-electron chi connectivity index (χ1n) is 11.9. The van der Waals surface area contributed by atoms with Crippen LogP contribution in [0.2, 0.25) is 5.02 Å². The third-order valence-corrected chi connectivity index (χ3v) is 5.79. The van der Waals surface area contributed by atoms with E-state index in [1.165, 1.54) is 31.7 Å². The van der Waals surface area contributed by atoms with Gasteiger partial charge in [-0.25, -0.2) is 15.2 Å². The second-order valence-corrected chi connectivity index (χ2v) is 8.90. The molecule has 4 atom stereocenters. The summed E-state index contributed by atoms with van der Waals surface area (Å²) in [4.78, 5) is 59.8. The van der Waals surface area contributed by atoms with Crippen LogP contribution in [0.5, 0.6) is 0 Å². The fourth-order valence-corrected chi connectivity index (χ4v) is 4.09. The van der Waals surface area contributed by atoms with Crippen molar-refractivity contribution >= 4 is 64.2 Å². The molecule has 0 unspecified atom stereocenters. The fraction of sp³-hybridized carbons (Fsp3) is 0.348. The fourth-order valence-electron chi connectivity index (χ4n) is 3.90. The molecule has 1 fully saturated rings. The predicted octanol–water partition coefficient (Wildman–Crippen LogP) is 2.21. The molecule has 1 aliphatic rings. The summed E-state index contributed by atoms with van der Waals surface area (Å²) in [6.07, 6.45) is -3.18. The van der Waals surface area contributed by atoms with Crippen molar-refractivity contribution in [2.75, 3.05) is 17.7 Å². The molecular formula is C23H24ClN9O8. The highest BCUT2D eigenvalue weighted by Crippen LogP contribution is 2.36. The zero-order chi connectivity index (χ0) is 29.7. The number of fused-ring (bicyclic) bond motifs is 1. The Balaban J connectivity index is 1.61. The van der Waals surface area contributed by atoms with Crippen molar-refractivity contribution in [1.29, 1.82) is 0 Å². The molecule has 4 N–H and O–H groups in total. The normalized spacial score (nSPS) is 20.1. The predicted molar refractivity (Wildman–Crippen MR) is 140 cm³/mol. The van der Waals surface area contributed by atoms with Crippen molar-refractivity contribution in [1.82, 2.24) is 24.9 Å². The molecule has 3 aromatic rings. The van der Waals surface area contributed by atoms with Crippen LogP contribution in [0.25, 0.3) is 11.2 Å². The minimum Gasteiger partial charge on any atom is -0.463 e. The maximum absolute atomic E-state index is 12.1. The molecule has 17 nitrogen and oxygen atoms in total. The number of esters is 3. The molecule has 1 aromatic carbocycles. The summed E-state index contributed by atoms with van der Waals surface area (Å²) in [6, 6.07) is 5.84. The number of amides is 2. The van der Waals surface area contributed by atoms with Gasteiger partial charge in [0.2, 0.25) is 0 Å². The summed E-state index contributed by atoms with van der Waals surface area (Å²) >= 11 is 6.02. The molecule has 0 radical (unpaired) electrons. The second-order valence-electron chi connectivity index (χ2n) is 8.49. The first kappa shape index (κ1) is 29.1. The highest BCUT2D eigenvalue weighted by atomic mass is 35.5. The number of aromatic nitrogens is 4. The number of hydrogen-bond acceptors (Lipinski definition) is 14. The van der Waals surface area contributed by atoms with E-state index in [1.54, 1.807) is 24.3 Å². The molecule has 0 spiro atoms. The third kappa shape index (κ3) is 7.00. The Bertz CT molecular complexity index is 1510. The Morgan fingerprint density at radius 1 is 1.07 bits per heavy atom. The van der Waals surface area contributed by atoms with Crippen molar-refractivity contribution in [3.8, 4) is 0 Å². The Hall–Kier alpha value is -4.90. The lowest BCUT2D eigenvalue weighted by Gasteiger charge is -2.23. The highest BCUT2D eigenvalue weighted by Gasteiger charge is 2.51. The van der Waals surface area contributed by atoms with Crippen LogP contribution in [0.3, 0.4) is 0 Å². The minimum absolute atomic E-state index is 0.0850. The van der Waals surface area contributed by atoms with Crippen molar-refractivity contribution in [3.63, 3.8) is 0 Å². The summed E-state index contributed by atoms with van der Waals surface area (Å²) in [5.74, 6) is -2.31. The number of carbonyl (C=O) groups is 4. The third-order valence-electron chi connectivity index (χ3n) is 5.46. The average molecular weight is 590 g/mol. The van der Waals surface area contributed by atoms with Gasteiger partial charge in [0.15, 0.2) is 29.9 Å². The molecule has 1 aliphatic heterocycles. The topological polar surface area (TPSA) is 224 Å². The smallest absolute Gasteiger partial charge is 0.341 e. The van der Waals surface area contributed by atoms with Gasteiger partial charge >= 0.3 is 23.9 Å². The van der Waals surface area contributed by atoms with E-state index in [0.29, 0.717) is 10.7 Å². The standard InChI is InChI=1S/C23H24ClN9O8/c1-10(34)38-8-15-17(39-11(2)35)18(40-12(3)36)21(41-15)33-9-26-16-19(25)28-22(29-20(16)33)30-32-31-23(37)27-14-7-5-4-6-13(14)24/h4-7,9,15,17-18,21H,8H2,1-3H3,(H4,25,27,28,29,30,31,37)/t15-,17-,18-,21-/m1/s1. The number of nitrogen functional groups attached to an aromatic ring is 1. The van der Waals surface area contributed by atoms with Crippen LogP contribution < -0.4 is 16.5 Å². The molecule has 18 heteroatoms. The van der Waals surface area contributed by atoms with Gasteiger partial charge in [0.25, 0.3) is 5.95 Å². The number of nitrogens with one attached hydrogen (secondary N) is 2. The van der Waals surface area contributed by atoms with Crippen LogP contribution in [-0.4, -0.2) is 68.4 Å². The number of anilines is 2. The Morgan fingerprint density at radius 3 is 2.46 bits per heavy atom. The molecule has 2 amide bonds. The SMILES string of the molecule is CC(=O)OC[C@H]1O[C@@H](n2cnc3c(N)nc(/N=N/NC(=O)Nc4ccccc4Cl)nc32)[C@H](OC(C)=O)[C@@H]1OC(C)=O. The van der Waals surface area contributed by atoms with Gasteiger partial charge in [-0.1, -0.05) is 34.1 Å². The summed E-state index contributed by atoms with van der Waals surface area (Å²) in [5, 5.41) is 10.2. The van der Waals surface area contributed by atoms with E-state index < -0.39 is 48.5 Å². The molecule has 4 rings (SSSR count). The summed E-state index contributed by atoms with van der Waals surface area (Å²) in [7, 11) is 0.